The molecule has 88 valence electrons. The first-order chi connectivity index (χ1) is 8.15. The fraction of sp³-hybridized carbons (Fsp3) is 0.0909. The smallest absolute Gasteiger partial charge is 0.349 e. The lowest BCUT2D eigenvalue weighted by molar-refractivity contribution is 0.0702. The van der Waals surface area contributed by atoms with Crippen LogP contribution in [0.15, 0.2) is 33.5 Å². The Hall–Kier alpha value is -2.34. The molecular formula is C11H9NO5. The number of benzene rings is 1. The Labute approximate surface area is 95.4 Å². The third kappa shape index (κ3) is 1.98. The van der Waals surface area contributed by atoms with Gasteiger partial charge in [0.2, 0.25) is 0 Å². The van der Waals surface area contributed by atoms with Crippen molar-refractivity contribution >= 4 is 16.9 Å². The van der Waals surface area contributed by atoms with Crippen LogP contribution in [0, 0.1) is 0 Å². The molecule has 1 amide bonds. The fourth-order valence-electron chi connectivity index (χ4n) is 1.45. The summed E-state index contributed by atoms with van der Waals surface area (Å²) < 4.78 is 9.94. The normalized spacial score (nSPS) is 10.2. The molecule has 1 aromatic heterocycles. The molecule has 1 aromatic carbocycles. The van der Waals surface area contributed by atoms with Crippen molar-refractivity contribution in [2.75, 3.05) is 7.11 Å². The SMILES string of the molecule is COc1ccc2oc(=O)c(C(=O)NO)cc2c1. The fourth-order valence-corrected chi connectivity index (χ4v) is 1.45. The zero-order chi connectivity index (χ0) is 12.4. The lowest BCUT2D eigenvalue weighted by Gasteiger charge is -2.03. The molecule has 2 aromatic rings. The topological polar surface area (TPSA) is 88.8 Å². The Kier molecular flexibility index (Phi) is 2.80. The van der Waals surface area contributed by atoms with Crippen molar-refractivity contribution in [3.05, 3.63) is 40.2 Å². The van der Waals surface area contributed by atoms with E-state index >= 15 is 0 Å². The van der Waals surface area contributed by atoms with E-state index in [1.165, 1.54) is 18.7 Å². The van der Waals surface area contributed by atoms with Gasteiger partial charge in [0.05, 0.1) is 7.11 Å². The molecule has 0 fully saturated rings. The summed E-state index contributed by atoms with van der Waals surface area (Å²) in [4.78, 5) is 22.6. The van der Waals surface area contributed by atoms with E-state index in [9.17, 15) is 9.59 Å². The Balaban J connectivity index is 2.68. The molecule has 2 N–H and O–H groups in total. The summed E-state index contributed by atoms with van der Waals surface area (Å²) in [6, 6.07) is 6.15. The monoisotopic (exact) mass is 235 g/mol. The molecule has 0 spiro atoms. The lowest BCUT2D eigenvalue weighted by atomic mass is 10.1. The van der Waals surface area contributed by atoms with Gasteiger partial charge in [-0.05, 0) is 24.3 Å². The van der Waals surface area contributed by atoms with E-state index in [4.69, 9.17) is 14.4 Å². The minimum atomic E-state index is -0.913. The van der Waals surface area contributed by atoms with E-state index in [-0.39, 0.29) is 5.56 Å². The van der Waals surface area contributed by atoms with Crippen molar-refractivity contribution < 1.29 is 19.2 Å². The maximum atomic E-state index is 11.4. The largest absolute Gasteiger partial charge is 0.497 e. The molecule has 0 saturated heterocycles. The van der Waals surface area contributed by atoms with Gasteiger partial charge < -0.3 is 9.15 Å². The van der Waals surface area contributed by atoms with Crippen molar-refractivity contribution in [2.24, 2.45) is 0 Å². The number of hydrogen-bond acceptors (Lipinski definition) is 5. The van der Waals surface area contributed by atoms with Crippen molar-refractivity contribution in [2.45, 2.75) is 0 Å². The quantitative estimate of drug-likeness (QED) is 0.459. The minimum Gasteiger partial charge on any atom is -0.497 e. The second kappa shape index (κ2) is 4.26. The van der Waals surface area contributed by atoms with Crippen molar-refractivity contribution in [3.63, 3.8) is 0 Å². The molecule has 0 aliphatic rings. The standard InChI is InChI=1S/C11H9NO5/c1-16-7-2-3-9-6(4-7)5-8(10(13)12-15)11(14)17-9/h2-5,15H,1H3,(H,12,13). The number of hydrogen-bond donors (Lipinski definition) is 2. The van der Waals surface area contributed by atoms with Crippen LogP contribution in [0.1, 0.15) is 10.4 Å². The summed E-state index contributed by atoms with van der Waals surface area (Å²) >= 11 is 0. The number of fused-ring (bicyclic) bond motifs is 1. The van der Waals surface area contributed by atoms with Crippen molar-refractivity contribution in [1.82, 2.24) is 5.48 Å². The Bertz CT molecular complexity index is 631. The van der Waals surface area contributed by atoms with Gasteiger partial charge in [0.1, 0.15) is 16.9 Å². The van der Waals surface area contributed by atoms with Crippen LogP contribution >= 0.6 is 0 Å². The van der Waals surface area contributed by atoms with Gasteiger partial charge in [-0.1, -0.05) is 0 Å². The average Bonchev–Trinajstić information content (AvgIpc) is 2.36. The third-order valence-corrected chi connectivity index (χ3v) is 2.29. The maximum Gasteiger partial charge on any atom is 0.349 e. The third-order valence-electron chi connectivity index (χ3n) is 2.29. The highest BCUT2D eigenvalue weighted by Crippen LogP contribution is 2.20. The van der Waals surface area contributed by atoms with E-state index in [2.05, 4.69) is 0 Å². The predicted molar refractivity (Wildman–Crippen MR) is 58.3 cm³/mol. The molecule has 2 rings (SSSR count). The zero-order valence-corrected chi connectivity index (χ0v) is 8.89. The number of methoxy groups -OCH3 is 1. The number of nitrogens with one attached hydrogen (secondary N) is 1. The zero-order valence-electron chi connectivity index (χ0n) is 8.89. The van der Waals surface area contributed by atoms with Gasteiger partial charge in [-0.3, -0.25) is 10.0 Å². The Morgan fingerprint density at radius 3 is 2.82 bits per heavy atom. The molecular weight excluding hydrogens is 226 g/mol. The van der Waals surface area contributed by atoms with Gasteiger partial charge in [0.25, 0.3) is 5.91 Å². The predicted octanol–water partition coefficient (Wildman–Crippen LogP) is 0.921. The highest BCUT2D eigenvalue weighted by Gasteiger charge is 2.12. The van der Waals surface area contributed by atoms with Gasteiger partial charge >= 0.3 is 5.63 Å². The molecule has 0 atom stereocenters. The first kappa shape index (κ1) is 11.2. The molecule has 0 saturated carbocycles. The van der Waals surface area contributed by atoms with E-state index in [1.807, 2.05) is 0 Å². The molecule has 0 aliphatic carbocycles. The van der Waals surface area contributed by atoms with E-state index < -0.39 is 11.5 Å². The van der Waals surface area contributed by atoms with E-state index in [0.717, 1.165) is 0 Å². The lowest BCUT2D eigenvalue weighted by Crippen LogP contribution is -2.25. The van der Waals surface area contributed by atoms with Crippen molar-refractivity contribution in [1.29, 1.82) is 0 Å². The van der Waals surface area contributed by atoms with Gasteiger partial charge in [-0.25, -0.2) is 10.3 Å². The molecule has 0 bridgehead atoms. The van der Waals surface area contributed by atoms with Crippen molar-refractivity contribution in [3.8, 4) is 5.75 Å². The van der Waals surface area contributed by atoms with Crippen LogP contribution in [0.3, 0.4) is 0 Å². The summed E-state index contributed by atoms with van der Waals surface area (Å²) in [5.41, 5.74) is 0.642. The van der Waals surface area contributed by atoms with Crippen LogP contribution in [0.5, 0.6) is 5.75 Å². The van der Waals surface area contributed by atoms with E-state index in [0.29, 0.717) is 16.7 Å². The van der Waals surface area contributed by atoms with Gasteiger partial charge in [-0.15, -0.1) is 0 Å². The van der Waals surface area contributed by atoms with Crippen LogP contribution in [-0.2, 0) is 0 Å². The van der Waals surface area contributed by atoms with Gasteiger partial charge in [0, 0.05) is 5.39 Å². The van der Waals surface area contributed by atoms with Crippen LogP contribution < -0.4 is 15.8 Å². The van der Waals surface area contributed by atoms with E-state index in [1.54, 1.807) is 18.2 Å². The van der Waals surface area contributed by atoms with Crippen LogP contribution in [0.2, 0.25) is 0 Å². The molecule has 1 heterocycles. The number of carbonyl (C=O) groups excluding carboxylic acids is 1. The summed E-state index contributed by atoms with van der Waals surface area (Å²) in [7, 11) is 1.50. The summed E-state index contributed by atoms with van der Waals surface area (Å²) in [6.45, 7) is 0. The number of carbonyl (C=O) groups is 1. The number of ether oxygens (including phenoxy) is 1. The molecule has 0 aliphatic heterocycles. The van der Waals surface area contributed by atoms with Gasteiger partial charge in [-0.2, -0.15) is 0 Å². The highest BCUT2D eigenvalue weighted by molar-refractivity contribution is 5.96. The summed E-state index contributed by atoms with van der Waals surface area (Å²) in [5.74, 6) is -0.342. The Morgan fingerprint density at radius 2 is 2.18 bits per heavy atom. The first-order valence-corrected chi connectivity index (χ1v) is 4.72. The molecule has 6 nitrogen and oxygen atoms in total. The van der Waals surface area contributed by atoms with Crippen LogP contribution in [-0.4, -0.2) is 18.2 Å². The molecule has 17 heavy (non-hydrogen) atoms. The molecule has 6 heteroatoms. The summed E-state index contributed by atoms with van der Waals surface area (Å²) in [5, 5.41) is 9.01. The second-order valence-electron chi connectivity index (χ2n) is 3.29. The number of rotatable bonds is 2. The number of amides is 1. The van der Waals surface area contributed by atoms with Gasteiger partial charge in [0.15, 0.2) is 0 Å². The molecule has 0 unspecified atom stereocenters. The van der Waals surface area contributed by atoms with Crippen LogP contribution in [0.25, 0.3) is 11.0 Å². The van der Waals surface area contributed by atoms with Crippen LogP contribution in [0.4, 0.5) is 0 Å². The maximum absolute atomic E-state index is 11.4. The Morgan fingerprint density at radius 1 is 1.41 bits per heavy atom. The second-order valence-corrected chi connectivity index (χ2v) is 3.29. The highest BCUT2D eigenvalue weighted by atomic mass is 16.5. The summed E-state index contributed by atoms with van der Waals surface area (Å²) in [6.07, 6.45) is 0. The molecule has 0 radical (unpaired) electrons. The first-order valence-electron chi connectivity index (χ1n) is 4.72. The average molecular weight is 235 g/mol. The minimum absolute atomic E-state index is 0.270. The number of hydroxylamine groups is 1.